The van der Waals surface area contributed by atoms with Crippen molar-refractivity contribution in [3.63, 3.8) is 0 Å². The fourth-order valence-corrected chi connectivity index (χ4v) is 4.14. The fourth-order valence-electron chi connectivity index (χ4n) is 4.14. The summed E-state index contributed by atoms with van der Waals surface area (Å²) in [6, 6.07) is 16.5. The minimum Gasteiger partial charge on any atom is -0.489 e. The molecule has 1 atom stereocenters. The van der Waals surface area contributed by atoms with Crippen LogP contribution in [0, 0.1) is 11.8 Å². The SMILES string of the molecule is C=C/C=C1/CN(Cc2ccc(COc3ccc(C(C#CC)CC=O)cc3)cc2)CC/C1=C/C. The minimum absolute atomic E-state index is 0.0538. The Morgan fingerprint density at radius 1 is 1.09 bits per heavy atom. The molecule has 170 valence electrons. The zero-order chi connectivity index (χ0) is 23.5. The number of hydrogen-bond donors (Lipinski definition) is 0. The summed E-state index contributed by atoms with van der Waals surface area (Å²) in [6.07, 6.45) is 8.65. The molecule has 0 aliphatic carbocycles. The van der Waals surface area contributed by atoms with Gasteiger partial charge in [-0.05, 0) is 60.2 Å². The van der Waals surface area contributed by atoms with E-state index in [1.807, 2.05) is 30.3 Å². The van der Waals surface area contributed by atoms with E-state index in [2.05, 4.69) is 66.7 Å². The van der Waals surface area contributed by atoms with E-state index in [1.54, 1.807) is 6.92 Å². The van der Waals surface area contributed by atoms with Crippen molar-refractivity contribution >= 4 is 6.29 Å². The van der Waals surface area contributed by atoms with Crippen LogP contribution in [0.3, 0.4) is 0 Å². The molecule has 3 nitrogen and oxygen atoms in total. The molecule has 1 saturated heterocycles. The van der Waals surface area contributed by atoms with Crippen LogP contribution in [0.5, 0.6) is 5.75 Å². The highest BCUT2D eigenvalue weighted by Gasteiger charge is 2.17. The second-order valence-corrected chi connectivity index (χ2v) is 8.23. The summed E-state index contributed by atoms with van der Waals surface area (Å²) in [6.45, 7) is 11.3. The molecule has 1 heterocycles. The molecule has 3 heteroatoms. The number of carbonyl (C=O) groups is 1. The van der Waals surface area contributed by atoms with Crippen LogP contribution in [0.4, 0.5) is 0 Å². The molecule has 1 aliphatic heterocycles. The second-order valence-electron chi connectivity index (χ2n) is 8.23. The third-order valence-electron chi connectivity index (χ3n) is 5.94. The lowest BCUT2D eigenvalue weighted by atomic mass is 9.96. The lowest BCUT2D eigenvalue weighted by molar-refractivity contribution is -0.107. The number of likely N-dealkylation sites (tertiary alicyclic amines) is 1. The topological polar surface area (TPSA) is 29.5 Å². The fraction of sp³-hybridized carbons (Fsp3) is 0.300. The molecule has 0 N–H and O–H groups in total. The van der Waals surface area contributed by atoms with Gasteiger partial charge in [0.25, 0.3) is 0 Å². The normalized spacial score (nSPS) is 17.3. The van der Waals surface area contributed by atoms with Crippen molar-refractivity contribution in [3.8, 4) is 17.6 Å². The van der Waals surface area contributed by atoms with E-state index in [0.717, 1.165) is 49.2 Å². The van der Waals surface area contributed by atoms with Gasteiger partial charge in [-0.25, -0.2) is 0 Å². The highest BCUT2D eigenvalue weighted by molar-refractivity contribution is 5.53. The Bertz CT molecular complexity index is 1050. The lowest BCUT2D eigenvalue weighted by Gasteiger charge is -2.30. The maximum absolute atomic E-state index is 10.9. The van der Waals surface area contributed by atoms with Crippen LogP contribution in [-0.4, -0.2) is 24.3 Å². The summed E-state index contributed by atoms with van der Waals surface area (Å²) in [5.74, 6) is 6.75. The van der Waals surface area contributed by atoms with Crippen molar-refractivity contribution in [2.75, 3.05) is 13.1 Å². The van der Waals surface area contributed by atoms with E-state index in [4.69, 9.17) is 4.74 Å². The van der Waals surface area contributed by atoms with Crippen molar-refractivity contribution in [2.24, 2.45) is 0 Å². The Morgan fingerprint density at radius 2 is 1.82 bits per heavy atom. The van der Waals surface area contributed by atoms with E-state index in [0.29, 0.717) is 13.0 Å². The largest absolute Gasteiger partial charge is 0.489 e. The van der Waals surface area contributed by atoms with Gasteiger partial charge >= 0.3 is 0 Å². The maximum Gasteiger partial charge on any atom is 0.121 e. The number of carbonyl (C=O) groups excluding carboxylic acids is 1. The molecule has 0 saturated carbocycles. The van der Waals surface area contributed by atoms with E-state index in [1.165, 1.54) is 16.7 Å². The minimum atomic E-state index is -0.0538. The molecular weight excluding hydrogens is 406 g/mol. The second kappa shape index (κ2) is 12.6. The van der Waals surface area contributed by atoms with Gasteiger partial charge in [-0.3, -0.25) is 4.90 Å². The van der Waals surface area contributed by atoms with Crippen LogP contribution in [0.1, 0.15) is 49.3 Å². The Balaban J connectivity index is 1.53. The quantitative estimate of drug-likeness (QED) is 0.343. The summed E-state index contributed by atoms with van der Waals surface area (Å²) in [7, 11) is 0. The van der Waals surface area contributed by atoms with Crippen molar-refractivity contribution < 1.29 is 9.53 Å². The van der Waals surface area contributed by atoms with Gasteiger partial charge in [0.15, 0.2) is 0 Å². The number of nitrogens with zero attached hydrogens (tertiary/aromatic N) is 1. The zero-order valence-corrected chi connectivity index (χ0v) is 19.7. The highest BCUT2D eigenvalue weighted by atomic mass is 16.5. The van der Waals surface area contributed by atoms with Crippen molar-refractivity contribution in [1.29, 1.82) is 0 Å². The molecule has 1 aliphatic rings. The number of rotatable bonds is 9. The third kappa shape index (κ3) is 7.07. The Morgan fingerprint density at radius 3 is 2.45 bits per heavy atom. The Labute approximate surface area is 198 Å². The average molecular weight is 440 g/mol. The van der Waals surface area contributed by atoms with Gasteiger partial charge in [-0.1, -0.05) is 67.1 Å². The summed E-state index contributed by atoms with van der Waals surface area (Å²) >= 11 is 0. The molecule has 0 aromatic heterocycles. The first-order chi connectivity index (χ1) is 16.2. The molecule has 0 radical (unpaired) electrons. The molecule has 0 spiro atoms. The molecular formula is C30H33NO2. The monoisotopic (exact) mass is 439 g/mol. The number of hydrogen-bond acceptors (Lipinski definition) is 3. The lowest BCUT2D eigenvalue weighted by Crippen LogP contribution is -2.31. The number of benzene rings is 2. The molecule has 1 fully saturated rings. The first-order valence-corrected chi connectivity index (χ1v) is 11.5. The number of aldehydes is 1. The summed E-state index contributed by atoms with van der Waals surface area (Å²) in [4.78, 5) is 13.4. The van der Waals surface area contributed by atoms with E-state index < -0.39 is 0 Å². The smallest absolute Gasteiger partial charge is 0.121 e. The summed E-state index contributed by atoms with van der Waals surface area (Å²) < 4.78 is 5.96. The van der Waals surface area contributed by atoms with Crippen LogP contribution < -0.4 is 4.74 Å². The summed E-state index contributed by atoms with van der Waals surface area (Å²) in [5.41, 5.74) is 6.29. The van der Waals surface area contributed by atoms with Crippen LogP contribution in [0.15, 0.2) is 84.5 Å². The Hall–Kier alpha value is -3.35. The van der Waals surface area contributed by atoms with Crippen molar-refractivity contribution in [3.05, 3.63) is 101 Å². The molecule has 2 aromatic rings. The zero-order valence-electron chi connectivity index (χ0n) is 19.7. The molecule has 0 bridgehead atoms. The van der Waals surface area contributed by atoms with Crippen LogP contribution in [0.25, 0.3) is 0 Å². The standard InChI is InChI=1S/C30H33NO2/c1-4-7-27(18-20-32)28-13-15-30(16-14-28)33-23-25-11-9-24(10-12-25)21-31-19-17-26(6-3)29(22-31)8-5-2/h5-6,8-16,20,27H,2,17-19,21-23H2,1,3H3/b26-6-,29-8-. The highest BCUT2D eigenvalue weighted by Crippen LogP contribution is 2.24. The predicted octanol–water partition coefficient (Wildman–Crippen LogP) is 6.23. The molecule has 0 amide bonds. The van der Waals surface area contributed by atoms with E-state index in [-0.39, 0.29) is 5.92 Å². The molecule has 33 heavy (non-hydrogen) atoms. The van der Waals surface area contributed by atoms with E-state index >= 15 is 0 Å². The van der Waals surface area contributed by atoms with Gasteiger partial charge in [0.05, 0.1) is 5.92 Å². The third-order valence-corrected chi connectivity index (χ3v) is 5.94. The predicted molar refractivity (Wildman–Crippen MR) is 136 cm³/mol. The van der Waals surface area contributed by atoms with Gasteiger partial charge in [-0.2, -0.15) is 0 Å². The molecule has 3 rings (SSSR count). The van der Waals surface area contributed by atoms with Gasteiger partial charge in [0.2, 0.25) is 0 Å². The van der Waals surface area contributed by atoms with Gasteiger partial charge in [-0.15, -0.1) is 5.92 Å². The number of piperidine rings is 1. The summed E-state index contributed by atoms with van der Waals surface area (Å²) in [5, 5.41) is 0. The van der Waals surface area contributed by atoms with Gasteiger partial charge < -0.3 is 9.53 Å². The number of allylic oxidation sites excluding steroid dienone is 3. The first kappa shape index (κ1) is 24.3. The van der Waals surface area contributed by atoms with Gasteiger partial charge in [0, 0.05) is 26.1 Å². The van der Waals surface area contributed by atoms with Crippen molar-refractivity contribution in [1.82, 2.24) is 4.90 Å². The Kier molecular flexibility index (Phi) is 9.30. The van der Waals surface area contributed by atoms with Crippen molar-refractivity contribution in [2.45, 2.75) is 45.8 Å². The molecule has 1 unspecified atom stereocenters. The first-order valence-electron chi connectivity index (χ1n) is 11.5. The van der Waals surface area contributed by atoms with Crippen LogP contribution in [0.2, 0.25) is 0 Å². The van der Waals surface area contributed by atoms with Crippen LogP contribution in [-0.2, 0) is 17.9 Å². The van der Waals surface area contributed by atoms with E-state index in [9.17, 15) is 4.79 Å². The van der Waals surface area contributed by atoms with Gasteiger partial charge in [0.1, 0.15) is 18.6 Å². The average Bonchev–Trinajstić information content (AvgIpc) is 2.84. The molecule has 2 aromatic carbocycles. The van der Waals surface area contributed by atoms with Crippen LogP contribution >= 0.6 is 0 Å². The number of ether oxygens (including phenoxy) is 1. The maximum atomic E-state index is 10.9.